The third-order valence-corrected chi connectivity index (χ3v) is 18.1. The summed E-state index contributed by atoms with van der Waals surface area (Å²) in [6.07, 6.45) is 0. The molecule has 0 aliphatic carbocycles. The third kappa shape index (κ3) is 5.21. The Morgan fingerprint density at radius 1 is 0.333 bits per heavy atom. The van der Waals surface area contributed by atoms with Gasteiger partial charge >= 0.3 is 0 Å². The molecule has 0 spiro atoms. The molecule has 12 aromatic rings. The molecule has 3 aromatic heterocycles. The van der Waals surface area contributed by atoms with Crippen molar-refractivity contribution >= 4 is 72.4 Å². The lowest BCUT2D eigenvalue weighted by Crippen LogP contribution is -2.73. The molecular formula is C58H38N4Si. The zero-order valence-electron chi connectivity index (χ0n) is 34.2. The van der Waals surface area contributed by atoms with Gasteiger partial charge in [-0.25, -0.2) is 9.97 Å². The highest BCUT2D eigenvalue weighted by Gasteiger charge is 2.51. The smallest absolute Gasteiger partial charge is 0.185 e. The molecule has 4 heterocycles. The minimum Gasteiger partial charge on any atom is -0.309 e. The van der Waals surface area contributed by atoms with Crippen LogP contribution in [0.5, 0.6) is 0 Å². The van der Waals surface area contributed by atoms with Crippen molar-refractivity contribution in [2.75, 3.05) is 0 Å². The van der Waals surface area contributed by atoms with Gasteiger partial charge in [-0.2, -0.15) is 0 Å². The van der Waals surface area contributed by atoms with E-state index in [4.69, 9.17) is 9.97 Å². The molecule has 0 saturated heterocycles. The van der Waals surface area contributed by atoms with E-state index in [2.05, 4.69) is 240 Å². The minimum absolute atomic E-state index is 0.731. The lowest BCUT2D eigenvalue weighted by atomic mass is 10.1. The van der Waals surface area contributed by atoms with Crippen LogP contribution < -0.4 is 20.7 Å². The zero-order chi connectivity index (χ0) is 41.5. The molecule has 0 bridgehead atoms. The van der Waals surface area contributed by atoms with Gasteiger partial charge in [0.1, 0.15) is 0 Å². The summed E-state index contributed by atoms with van der Waals surface area (Å²) in [4.78, 5) is 11.1. The van der Waals surface area contributed by atoms with Gasteiger partial charge in [0, 0.05) is 54.8 Å². The molecule has 0 N–H and O–H groups in total. The van der Waals surface area contributed by atoms with Crippen molar-refractivity contribution in [1.82, 2.24) is 19.1 Å². The fourth-order valence-electron chi connectivity index (χ4n) is 10.6. The van der Waals surface area contributed by atoms with Crippen LogP contribution in [0.2, 0.25) is 0 Å². The van der Waals surface area contributed by atoms with E-state index in [-0.39, 0.29) is 0 Å². The number of benzene rings is 9. The summed E-state index contributed by atoms with van der Waals surface area (Å²) in [5.41, 5.74) is 12.2. The predicted molar refractivity (Wildman–Crippen MR) is 264 cm³/mol. The van der Waals surface area contributed by atoms with Crippen LogP contribution in [0.4, 0.5) is 0 Å². The number of aromatic nitrogens is 4. The van der Waals surface area contributed by atoms with E-state index in [9.17, 15) is 0 Å². The fraction of sp³-hybridized carbons (Fsp3) is 0. The molecule has 9 aromatic carbocycles. The van der Waals surface area contributed by atoms with Crippen molar-refractivity contribution in [2.24, 2.45) is 0 Å². The minimum atomic E-state index is -2.92. The first-order chi connectivity index (χ1) is 31.3. The van der Waals surface area contributed by atoms with Gasteiger partial charge in [0.25, 0.3) is 0 Å². The number of rotatable bonds is 6. The highest BCUT2D eigenvalue weighted by molar-refractivity contribution is 7.22. The van der Waals surface area contributed by atoms with Crippen molar-refractivity contribution in [1.29, 1.82) is 0 Å². The van der Waals surface area contributed by atoms with Crippen molar-refractivity contribution < 1.29 is 0 Å². The highest BCUT2D eigenvalue weighted by atomic mass is 28.3. The normalized spacial score (nSPS) is 12.9. The average Bonchev–Trinajstić information content (AvgIpc) is 3.98. The highest BCUT2D eigenvalue weighted by Crippen LogP contribution is 2.40. The Morgan fingerprint density at radius 2 is 0.810 bits per heavy atom. The average molecular weight is 819 g/mol. The second-order valence-electron chi connectivity index (χ2n) is 16.5. The van der Waals surface area contributed by atoms with Gasteiger partial charge in [0.2, 0.25) is 0 Å². The SMILES string of the molecule is c1ccc(-c2nc(-c3ccc(-n4c5ccccc5c5cc6c7ccccc7n(-c7ccccc7)c6cc54)cc3)c3c(n2)-c2ccccc2[Si]3(c2ccccc2)c2ccccc2)cc1. The Hall–Kier alpha value is -8.12. The van der Waals surface area contributed by atoms with E-state index >= 15 is 0 Å². The van der Waals surface area contributed by atoms with Gasteiger partial charge < -0.3 is 9.13 Å². The standard InChI is InChI=1S/C58H38N4Si/c1-5-19-40(20-6-1)58-59-55(57-56(60-58)47-29-15-18-32-54(47)63(57,43-23-9-3-10-24-43)44-25-11-4-12-26-44)39-33-35-42(36-34-39)62-51-31-17-14-28-46(51)49-37-48-45-27-13-16-30-50(45)61(52(48)38-53(49)62)41-21-7-2-8-22-41/h1-38H. The van der Waals surface area contributed by atoms with E-state index in [1.807, 2.05) is 0 Å². The van der Waals surface area contributed by atoms with E-state index in [1.54, 1.807) is 0 Å². The van der Waals surface area contributed by atoms with Crippen LogP contribution in [0.25, 0.3) is 88.9 Å². The zero-order valence-corrected chi connectivity index (χ0v) is 35.2. The molecule has 1 aliphatic rings. The number of fused-ring (bicyclic) bond motifs is 9. The maximum absolute atomic E-state index is 5.61. The van der Waals surface area contributed by atoms with Crippen LogP contribution in [-0.4, -0.2) is 27.2 Å². The summed E-state index contributed by atoms with van der Waals surface area (Å²) < 4.78 is 4.84. The number of hydrogen-bond donors (Lipinski definition) is 0. The van der Waals surface area contributed by atoms with Crippen LogP contribution >= 0.6 is 0 Å². The predicted octanol–water partition coefficient (Wildman–Crippen LogP) is 11.4. The summed E-state index contributed by atoms with van der Waals surface area (Å²) in [6.45, 7) is 0. The number of hydrogen-bond acceptors (Lipinski definition) is 2. The summed E-state index contributed by atoms with van der Waals surface area (Å²) in [5.74, 6) is 0.731. The molecule has 13 rings (SSSR count). The molecule has 294 valence electrons. The van der Waals surface area contributed by atoms with Gasteiger partial charge in [-0.15, -0.1) is 0 Å². The molecule has 0 amide bonds. The Labute approximate surface area is 365 Å². The molecule has 0 radical (unpaired) electrons. The van der Waals surface area contributed by atoms with Crippen LogP contribution in [0.1, 0.15) is 0 Å². The van der Waals surface area contributed by atoms with E-state index in [1.165, 1.54) is 69.9 Å². The topological polar surface area (TPSA) is 35.6 Å². The van der Waals surface area contributed by atoms with Crippen LogP contribution in [0.3, 0.4) is 0 Å². The van der Waals surface area contributed by atoms with Crippen LogP contribution in [-0.2, 0) is 0 Å². The summed E-state index contributed by atoms with van der Waals surface area (Å²) in [5, 5.41) is 10.2. The monoisotopic (exact) mass is 818 g/mol. The molecule has 0 unspecified atom stereocenters. The Morgan fingerprint density at radius 3 is 1.41 bits per heavy atom. The van der Waals surface area contributed by atoms with Gasteiger partial charge in [-0.3, -0.25) is 0 Å². The summed E-state index contributed by atoms with van der Waals surface area (Å²) in [6, 6.07) is 83.8. The lowest BCUT2D eigenvalue weighted by molar-refractivity contribution is 1.16. The van der Waals surface area contributed by atoms with Gasteiger partial charge in [-0.05, 0) is 64.1 Å². The van der Waals surface area contributed by atoms with Crippen molar-refractivity contribution in [3.63, 3.8) is 0 Å². The molecule has 1 aliphatic heterocycles. The lowest BCUT2D eigenvalue weighted by Gasteiger charge is -2.32. The maximum atomic E-state index is 5.61. The van der Waals surface area contributed by atoms with Crippen LogP contribution in [0, 0.1) is 0 Å². The fourth-order valence-corrected chi connectivity index (χ4v) is 15.8. The molecule has 5 heteroatoms. The quantitative estimate of drug-likeness (QED) is 0.157. The molecule has 4 nitrogen and oxygen atoms in total. The first-order valence-electron chi connectivity index (χ1n) is 21.6. The molecule has 63 heavy (non-hydrogen) atoms. The largest absolute Gasteiger partial charge is 0.309 e. The van der Waals surface area contributed by atoms with Crippen molar-refractivity contribution in [2.45, 2.75) is 0 Å². The number of nitrogens with zero attached hydrogens (tertiary/aromatic N) is 4. The second kappa shape index (κ2) is 14.0. The van der Waals surface area contributed by atoms with E-state index in [0.29, 0.717) is 0 Å². The van der Waals surface area contributed by atoms with E-state index in [0.717, 1.165) is 39.7 Å². The number of para-hydroxylation sites is 3. The molecular weight excluding hydrogens is 781 g/mol. The maximum Gasteiger partial charge on any atom is 0.185 e. The summed E-state index contributed by atoms with van der Waals surface area (Å²) >= 11 is 0. The van der Waals surface area contributed by atoms with Crippen LogP contribution in [0.15, 0.2) is 231 Å². The first kappa shape index (κ1) is 35.6. The van der Waals surface area contributed by atoms with E-state index < -0.39 is 8.07 Å². The Kier molecular flexibility index (Phi) is 7.89. The molecule has 0 atom stereocenters. The molecule has 0 fully saturated rings. The van der Waals surface area contributed by atoms with Crippen molar-refractivity contribution in [3.05, 3.63) is 231 Å². The Balaban J connectivity index is 1.07. The van der Waals surface area contributed by atoms with Crippen molar-refractivity contribution in [3.8, 4) is 45.3 Å². The molecule has 0 saturated carbocycles. The third-order valence-electron chi connectivity index (χ3n) is 13.2. The Bertz CT molecular complexity index is 3670. The second-order valence-corrected chi connectivity index (χ2v) is 20.2. The summed E-state index contributed by atoms with van der Waals surface area (Å²) in [7, 11) is -2.92. The van der Waals surface area contributed by atoms with Gasteiger partial charge in [0.05, 0.1) is 33.5 Å². The van der Waals surface area contributed by atoms with Gasteiger partial charge in [-0.1, -0.05) is 182 Å². The first-order valence-corrected chi connectivity index (χ1v) is 23.6. The van der Waals surface area contributed by atoms with Gasteiger partial charge in [0.15, 0.2) is 13.9 Å².